The molecule has 0 aromatic heterocycles. The van der Waals surface area contributed by atoms with Crippen molar-refractivity contribution in [1.29, 1.82) is 0 Å². The summed E-state index contributed by atoms with van der Waals surface area (Å²) in [6.45, 7) is 2.04. The van der Waals surface area contributed by atoms with E-state index in [0.717, 1.165) is 25.9 Å². The number of nitrogens with one attached hydrogen (secondary N) is 1. The third-order valence-electron chi connectivity index (χ3n) is 3.01. The topological polar surface area (TPSA) is 52.5 Å². The molecule has 0 spiro atoms. The van der Waals surface area contributed by atoms with E-state index in [2.05, 4.69) is 5.32 Å². The number of aliphatic hydroxyl groups is 2. The second kappa shape index (κ2) is 2.73. The lowest BCUT2D eigenvalue weighted by Gasteiger charge is -2.32. The molecule has 11 heavy (non-hydrogen) atoms. The van der Waals surface area contributed by atoms with Gasteiger partial charge in [-0.05, 0) is 37.8 Å². The van der Waals surface area contributed by atoms with Crippen LogP contribution in [-0.2, 0) is 0 Å². The summed E-state index contributed by atoms with van der Waals surface area (Å²) >= 11 is 0. The predicted molar refractivity (Wildman–Crippen MR) is 41.1 cm³/mol. The Bertz CT molecular complexity index is 135. The third-order valence-corrected chi connectivity index (χ3v) is 3.01. The van der Waals surface area contributed by atoms with Crippen LogP contribution in [0.15, 0.2) is 0 Å². The molecule has 1 heterocycles. The molecule has 3 N–H and O–H groups in total. The summed E-state index contributed by atoms with van der Waals surface area (Å²) in [4.78, 5) is 0. The largest absolute Gasteiger partial charge is 0.390 e. The molecule has 1 saturated heterocycles. The highest BCUT2D eigenvalue weighted by atomic mass is 16.3. The maximum Gasteiger partial charge on any atom is 0.0802 e. The predicted octanol–water partition coefficient (Wildman–Crippen LogP) is -0.662. The summed E-state index contributed by atoms with van der Waals surface area (Å²) in [5.41, 5.74) is 0. The van der Waals surface area contributed by atoms with Crippen LogP contribution in [0.25, 0.3) is 0 Å². The first-order chi connectivity index (χ1) is 5.27. The van der Waals surface area contributed by atoms with E-state index in [-0.39, 0.29) is 0 Å². The highest BCUT2D eigenvalue weighted by molar-refractivity contribution is 4.91. The van der Waals surface area contributed by atoms with Crippen molar-refractivity contribution in [2.24, 2.45) is 11.8 Å². The number of fused-ring (bicyclic) bond motifs is 1. The molecule has 3 heteroatoms. The summed E-state index contributed by atoms with van der Waals surface area (Å²) in [7, 11) is 0. The first-order valence-corrected chi connectivity index (χ1v) is 4.34. The van der Waals surface area contributed by atoms with Crippen molar-refractivity contribution in [3.63, 3.8) is 0 Å². The van der Waals surface area contributed by atoms with Gasteiger partial charge in [0.05, 0.1) is 12.2 Å². The average molecular weight is 157 g/mol. The van der Waals surface area contributed by atoms with E-state index in [0.29, 0.717) is 11.8 Å². The molecule has 0 aromatic carbocycles. The van der Waals surface area contributed by atoms with Crippen LogP contribution < -0.4 is 5.32 Å². The highest BCUT2D eigenvalue weighted by Gasteiger charge is 2.37. The monoisotopic (exact) mass is 157 g/mol. The fraction of sp³-hybridized carbons (Fsp3) is 1.00. The zero-order chi connectivity index (χ0) is 7.84. The molecule has 1 aliphatic carbocycles. The van der Waals surface area contributed by atoms with Gasteiger partial charge < -0.3 is 15.5 Å². The first-order valence-electron chi connectivity index (χ1n) is 4.34. The molecule has 2 aliphatic rings. The normalized spacial score (nSPS) is 50.7. The van der Waals surface area contributed by atoms with E-state index < -0.39 is 12.2 Å². The fourth-order valence-electron chi connectivity index (χ4n) is 2.27. The molecule has 0 bridgehead atoms. The Hall–Kier alpha value is -0.120. The van der Waals surface area contributed by atoms with Gasteiger partial charge in [0.15, 0.2) is 0 Å². The third kappa shape index (κ3) is 1.28. The molecule has 4 atom stereocenters. The molecule has 0 radical (unpaired) electrons. The molecule has 0 aromatic rings. The van der Waals surface area contributed by atoms with Crippen LogP contribution in [0, 0.1) is 11.8 Å². The van der Waals surface area contributed by atoms with E-state index in [1.165, 1.54) is 0 Å². The van der Waals surface area contributed by atoms with Crippen LogP contribution in [0.4, 0.5) is 0 Å². The number of hydrogen-bond acceptors (Lipinski definition) is 3. The van der Waals surface area contributed by atoms with Crippen molar-refractivity contribution in [2.45, 2.75) is 25.0 Å². The van der Waals surface area contributed by atoms with Crippen LogP contribution >= 0.6 is 0 Å². The number of rotatable bonds is 0. The molecule has 0 unspecified atom stereocenters. The highest BCUT2D eigenvalue weighted by Crippen LogP contribution is 2.32. The van der Waals surface area contributed by atoms with Crippen LogP contribution in [0.1, 0.15) is 12.8 Å². The van der Waals surface area contributed by atoms with E-state index in [1.54, 1.807) is 0 Å². The second-order valence-electron chi connectivity index (χ2n) is 3.78. The minimum absolute atomic E-state index is 0.476. The molecule has 3 nitrogen and oxygen atoms in total. The smallest absolute Gasteiger partial charge is 0.0802 e. The van der Waals surface area contributed by atoms with E-state index in [1.807, 2.05) is 0 Å². The zero-order valence-corrected chi connectivity index (χ0v) is 6.53. The molecular weight excluding hydrogens is 142 g/mol. The lowest BCUT2D eigenvalue weighted by Crippen LogP contribution is -2.38. The Kier molecular flexibility index (Phi) is 1.87. The van der Waals surface area contributed by atoms with Gasteiger partial charge in [0.1, 0.15) is 0 Å². The van der Waals surface area contributed by atoms with E-state index >= 15 is 0 Å². The van der Waals surface area contributed by atoms with Gasteiger partial charge in [0.2, 0.25) is 0 Å². The summed E-state index contributed by atoms with van der Waals surface area (Å²) < 4.78 is 0. The number of aliphatic hydroxyl groups excluding tert-OH is 2. The van der Waals surface area contributed by atoms with Crippen molar-refractivity contribution in [3.05, 3.63) is 0 Å². The van der Waals surface area contributed by atoms with Crippen molar-refractivity contribution in [2.75, 3.05) is 13.1 Å². The Morgan fingerprint density at radius 2 is 1.36 bits per heavy atom. The maximum absolute atomic E-state index is 9.35. The van der Waals surface area contributed by atoms with Crippen molar-refractivity contribution < 1.29 is 10.2 Å². The van der Waals surface area contributed by atoms with Crippen molar-refractivity contribution in [1.82, 2.24) is 5.32 Å². The summed E-state index contributed by atoms with van der Waals surface area (Å²) in [6.07, 6.45) is 0.602. The van der Waals surface area contributed by atoms with E-state index in [4.69, 9.17) is 0 Å². The summed E-state index contributed by atoms with van der Waals surface area (Å²) in [5, 5.41) is 22.0. The van der Waals surface area contributed by atoms with Crippen molar-refractivity contribution in [3.8, 4) is 0 Å². The lowest BCUT2D eigenvalue weighted by atomic mass is 9.79. The van der Waals surface area contributed by atoms with E-state index in [9.17, 15) is 10.2 Å². The van der Waals surface area contributed by atoms with Gasteiger partial charge in [-0.15, -0.1) is 0 Å². The summed E-state index contributed by atoms with van der Waals surface area (Å²) in [5.74, 6) is 1.21. The van der Waals surface area contributed by atoms with Crippen LogP contribution in [0.2, 0.25) is 0 Å². The minimum Gasteiger partial charge on any atom is -0.390 e. The maximum atomic E-state index is 9.35. The van der Waals surface area contributed by atoms with Gasteiger partial charge in [-0.1, -0.05) is 0 Å². The number of hydrogen-bond donors (Lipinski definition) is 3. The second-order valence-corrected chi connectivity index (χ2v) is 3.78. The Labute approximate surface area is 66.4 Å². The minimum atomic E-state index is -0.476. The van der Waals surface area contributed by atoms with Crippen LogP contribution in [0.5, 0.6) is 0 Å². The lowest BCUT2D eigenvalue weighted by molar-refractivity contribution is -0.0372. The average Bonchev–Trinajstić information content (AvgIpc) is 2.36. The van der Waals surface area contributed by atoms with Gasteiger partial charge in [-0.25, -0.2) is 0 Å². The molecule has 1 aliphatic heterocycles. The van der Waals surface area contributed by atoms with Crippen LogP contribution in [-0.4, -0.2) is 35.5 Å². The van der Waals surface area contributed by atoms with Crippen molar-refractivity contribution >= 4 is 0 Å². The Balaban J connectivity index is 2.00. The van der Waals surface area contributed by atoms with Gasteiger partial charge >= 0.3 is 0 Å². The van der Waals surface area contributed by atoms with Gasteiger partial charge in [-0.3, -0.25) is 0 Å². The molecule has 1 saturated carbocycles. The van der Waals surface area contributed by atoms with Gasteiger partial charge in [-0.2, -0.15) is 0 Å². The standard InChI is InChI=1S/C8H15NO2/c10-7-1-5-3-9-4-6(5)2-8(7)11/h5-11H,1-4H2/t5-,6-,7-,8-/m1/s1. The SMILES string of the molecule is O[C@@H]1C[C@@H]2CNC[C@H]2C[C@H]1O. The molecule has 2 fully saturated rings. The fourth-order valence-corrected chi connectivity index (χ4v) is 2.27. The molecule has 0 amide bonds. The van der Waals surface area contributed by atoms with Gasteiger partial charge in [0.25, 0.3) is 0 Å². The Morgan fingerprint density at radius 3 is 1.82 bits per heavy atom. The Morgan fingerprint density at radius 1 is 0.909 bits per heavy atom. The van der Waals surface area contributed by atoms with Gasteiger partial charge in [0, 0.05) is 0 Å². The molecular formula is C8H15NO2. The first kappa shape index (κ1) is 7.53. The van der Waals surface area contributed by atoms with Crippen LogP contribution in [0.3, 0.4) is 0 Å². The quantitative estimate of drug-likeness (QED) is 0.437. The molecule has 2 rings (SSSR count). The summed E-state index contributed by atoms with van der Waals surface area (Å²) in [6, 6.07) is 0. The molecule has 64 valence electrons. The zero-order valence-electron chi connectivity index (χ0n) is 6.53.